The molecule has 0 amide bonds. The molecule has 0 saturated carbocycles. The van der Waals surface area contributed by atoms with E-state index in [1.165, 1.54) is 23.9 Å². The number of nitro groups is 1. The molecule has 9 heteroatoms. The molecule has 1 aromatic rings. The van der Waals surface area contributed by atoms with Gasteiger partial charge in [0.25, 0.3) is 5.69 Å². The predicted molar refractivity (Wildman–Crippen MR) is 85.8 cm³/mol. The summed E-state index contributed by atoms with van der Waals surface area (Å²) < 4.78 is 23.2. The fourth-order valence-corrected chi connectivity index (χ4v) is 5.64. The van der Waals surface area contributed by atoms with E-state index < -0.39 is 14.8 Å². The molecule has 0 spiro atoms. The molecule has 0 bridgehead atoms. The van der Waals surface area contributed by atoms with Crippen LogP contribution < -0.4 is 0 Å². The lowest BCUT2D eigenvalue weighted by molar-refractivity contribution is -0.384. The number of nitro benzene ring substituents is 1. The van der Waals surface area contributed by atoms with Crippen molar-refractivity contribution >= 4 is 32.5 Å². The Hall–Kier alpha value is -1.61. The van der Waals surface area contributed by atoms with Crippen LogP contribution in [0.1, 0.15) is 5.56 Å². The summed E-state index contributed by atoms with van der Waals surface area (Å²) in [6, 6.07) is 6.21. The molecule has 2 atom stereocenters. The van der Waals surface area contributed by atoms with E-state index in [2.05, 4.69) is 4.99 Å². The van der Waals surface area contributed by atoms with E-state index in [1.54, 1.807) is 12.1 Å². The summed E-state index contributed by atoms with van der Waals surface area (Å²) in [7, 11) is -1.10. The molecule has 1 fully saturated rings. The summed E-state index contributed by atoms with van der Waals surface area (Å²) in [5.41, 5.74) is 1.04. The van der Waals surface area contributed by atoms with Crippen LogP contribution in [-0.2, 0) is 15.6 Å². The molecular formula is C13H15N3O4S2. The Morgan fingerprint density at radius 1 is 1.36 bits per heavy atom. The highest BCUT2D eigenvalue weighted by atomic mass is 32.2. The highest BCUT2D eigenvalue weighted by molar-refractivity contribution is 8.13. The summed E-state index contributed by atoms with van der Waals surface area (Å²) >= 11 is 1.53. The van der Waals surface area contributed by atoms with Crippen LogP contribution in [0, 0.1) is 10.1 Å². The number of non-ortho nitro benzene ring substituents is 1. The Labute approximate surface area is 132 Å². The standard InChI is InChI=1S/C13H15N3O4S2/c1-15-12-8-22(19,20)7-11(12)14-13(15)21-6-9-2-4-10(5-3-9)16(17)18/h2-5,11-12H,6-8H2,1H3/t11-,12+/m0/s1. The second kappa shape index (κ2) is 5.54. The number of likely N-dealkylation sites (N-methyl/N-ethyl adjacent to an activating group) is 1. The van der Waals surface area contributed by atoms with Crippen LogP contribution in [0.3, 0.4) is 0 Å². The molecule has 2 heterocycles. The number of thioether (sulfide) groups is 1. The minimum absolute atomic E-state index is 0.0515. The largest absolute Gasteiger partial charge is 0.348 e. The maximum atomic E-state index is 11.6. The lowest BCUT2D eigenvalue weighted by atomic mass is 10.2. The van der Waals surface area contributed by atoms with Crippen molar-refractivity contribution < 1.29 is 13.3 Å². The summed E-state index contributed by atoms with van der Waals surface area (Å²) in [5.74, 6) is 0.941. The van der Waals surface area contributed by atoms with E-state index in [-0.39, 0.29) is 29.3 Å². The normalized spacial score (nSPS) is 25.9. The smallest absolute Gasteiger partial charge is 0.269 e. The number of sulfone groups is 1. The van der Waals surface area contributed by atoms with Gasteiger partial charge in [-0.3, -0.25) is 15.1 Å². The zero-order chi connectivity index (χ0) is 15.9. The topological polar surface area (TPSA) is 92.9 Å². The van der Waals surface area contributed by atoms with Gasteiger partial charge in [-0.25, -0.2) is 8.42 Å². The molecule has 1 saturated heterocycles. The number of aliphatic imine (C=N–C) groups is 1. The average molecular weight is 341 g/mol. The minimum atomic E-state index is -2.96. The molecule has 2 aliphatic rings. The van der Waals surface area contributed by atoms with E-state index in [9.17, 15) is 18.5 Å². The van der Waals surface area contributed by atoms with E-state index in [0.717, 1.165) is 10.7 Å². The van der Waals surface area contributed by atoms with Crippen molar-refractivity contribution in [1.82, 2.24) is 4.90 Å². The second-order valence-corrected chi connectivity index (χ2v) is 8.54. The predicted octanol–water partition coefficient (Wildman–Crippen LogP) is 1.29. The summed E-state index contributed by atoms with van der Waals surface area (Å²) in [5, 5.41) is 11.4. The van der Waals surface area contributed by atoms with E-state index >= 15 is 0 Å². The van der Waals surface area contributed by atoms with Crippen molar-refractivity contribution in [3.63, 3.8) is 0 Å². The molecule has 1 aromatic carbocycles. The lowest BCUT2D eigenvalue weighted by Gasteiger charge is -2.20. The molecule has 0 aromatic heterocycles. The van der Waals surface area contributed by atoms with Crippen LogP contribution in [0.25, 0.3) is 0 Å². The van der Waals surface area contributed by atoms with Gasteiger partial charge in [0.05, 0.1) is 28.5 Å². The first kappa shape index (κ1) is 15.3. The number of rotatable bonds is 3. The molecule has 7 nitrogen and oxygen atoms in total. The Balaban J connectivity index is 1.64. The van der Waals surface area contributed by atoms with Gasteiger partial charge in [0.2, 0.25) is 0 Å². The Kier molecular flexibility index (Phi) is 3.85. The van der Waals surface area contributed by atoms with Crippen molar-refractivity contribution in [3.8, 4) is 0 Å². The van der Waals surface area contributed by atoms with Crippen LogP contribution >= 0.6 is 11.8 Å². The number of nitrogens with zero attached hydrogens (tertiary/aromatic N) is 3. The van der Waals surface area contributed by atoms with Crippen LogP contribution in [-0.4, -0.2) is 54.0 Å². The zero-order valence-corrected chi connectivity index (χ0v) is 13.5. The first-order valence-electron chi connectivity index (χ1n) is 6.73. The number of amidine groups is 1. The van der Waals surface area contributed by atoms with E-state index in [0.29, 0.717) is 5.75 Å². The van der Waals surface area contributed by atoms with Crippen LogP contribution in [0.2, 0.25) is 0 Å². The van der Waals surface area contributed by atoms with Gasteiger partial charge in [-0.15, -0.1) is 0 Å². The summed E-state index contributed by atoms with van der Waals surface area (Å²) in [6.45, 7) is 0. The van der Waals surface area contributed by atoms with Gasteiger partial charge in [0, 0.05) is 24.9 Å². The second-order valence-electron chi connectivity index (χ2n) is 5.45. The van der Waals surface area contributed by atoms with Crippen molar-refractivity contribution in [1.29, 1.82) is 0 Å². The van der Waals surface area contributed by atoms with E-state index in [1.807, 2.05) is 11.9 Å². The summed E-state index contributed by atoms with van der Waals surface area (Å²) in [6.07, 6.45) is 0. The summed E-state index contributed by atoms with van der Waals surface area (Å²) in [4.78, 5) is 16.6. The maximum Gasteiger partial charge on any atom is 0.269 e. The third-order valence-corrected chi connectivity index (χ3v) is 6.71. The minimum Gasteiger partial charge on any atom is -0.348 e. The molecule has 0 radical (unpaired) electrons. The number of hydrogen-bond acceptors (Lipinski definition) is 7. The quantitative estimate of drug-likeness (QED) is 0.608. The molecular weight excluding hydrogens is 326 g/mol. The molecule has 0 unspecified atom stereocenters. The molecule has 0 aliphatic carbocycles. The number of benzene rings is 1. The molecule has 22 heavy (non-hydrogen) atoms. The SMILES string of the molecule is CN1C(SCc2ccc([N+](=O)[O-])cc2)=N[C@H]2CS(=O)(=O)C[C@H]21. The van der Waals surface area contributed by atoms with Gasteiger partial charge >= 0.3 is 0 Å². The van der Waals surface area contributed by atoms with Crippen molar-refractivity contribution in [2.45, 2.75) is 17.8 Å². The Morgan fingerprint density at radius 3 is 2.64 bits per heavy atom. The first-order valence-corrected chi connectivity index (χ1v) is 9.53. The Bertz CT molecular complexity index is 730. The third kappa shape index (κ3) is 2.95. The van der Waals surface area contributed by atoms with Gasteiger partial charge in [0.1, 0.15) is 0 Å². The average Bonchev–Trinajstić information content (AvgIpc) is 2.91. The fourth-order valence-electron chi connectivity index (χ4n) is 2.68. The fraction of sp³-hybridized carbons (Fsp3) is 0.462. The van der Waals surface area contributed by atoms with Crippen LogP contribution in [0.5, 0.6) is 0 Å². The van der Waals surface area contributed by atoms with Crippen LogP contribution in [0.4, 0.5) is 5.69 Å². The highest BCUT2D eigenvalue weighted by Gasteiger charge is 2.44. The number of hydrogen-bond donors (Lipinski definition) is 0. The highest BCUT2D eigenvalue weighted by Crippen LogP contribution is 2.31. The van der Waals surface area contributed by atoms with Crippen LogP contribution in [0.15, 0.2) is 29.3 Å². The zero-order valence-electron chi connectivity index (χ0n) is 11.9. The molecule has 2 aliphatic heterocycles. The Morgan fingerprint density at radius 2 is 2.05 bits per heavy atom. The van der Waals surface area contributed by atoms with Gasteiger partial charge in [-0.2, -0.15) is 0 Å². The maximum absolute atomic E-state index is 11.6. The van der Waals surface area contributed by atoms with Crippen molar-refractivity contribution in [2.24, 2.45) is 4.99 Å². The monoisotopic (exact) mass is 341 g/mol. The third-order valence-electron chi connectivity index (χ3n) is 3.88. The van der Waals surface area contributed by atoms with E-state index in [4.69, 9.17) is 0 Å². The van der Waals surface area contributed by atoms with Gasteiger partial charge < -0.3 is 4.90 Å². The van der Waals surface area contributed by atoms with Gasteiger partial charge in [-0.1, -0.05) is 23.9 Å². The molecule has 3 rings (SSSR count). The first-order chi connectivity index (χ1) is 10.4. The van der Waals surface area contributed by atoms with Gasteiger partial charge in [0.15, 0.2) is 15.0 Å². The van der Waals surface area contributed by atoms with Gasteiger partial charge in [-0.05, 0) is 5.56 Å². The number of fused-ring (bicyclic) bond motifs is 1. The van der Waals surface area contributed by atoms with Crippen molar-refractivity contribution in [3.05, 3.63) is 39.9 Å². The molecule has 118 valence electrons. The molecule has 0 N–H and O–H groups in total. The van der Waals surface area contributed by atoms with Crippen molar-refractivity contribution in [2.75, 3.05) is 18.6 Å². The lowest BCUT2D eigenvalue weighted by Crippen LogP contribution is -2.35.